The summed E-state index contributed by atoms with van der Waals surface area (Å²) in [4.78, 5) is 24.5. The lowest BCUT2D eigenvalue weighted by molar-refractivity contribution is 0.0692. The second-order valence-electron chi connectivity index (χ2n) is 5.93. The summed E-state index contributed by atoms with van der Waals surface area (Å²) in [5, 5.41) is 2.07. The molecule has 0 aromatic carbocycles. The molecule has 0 N–H and O–H groups in total. The van der Waals surface area contributed by atoms with Crippen LogP contribution in [0.3, 0.4) is 0 Å². The van der Waals surface area contributed by atoms with Gasteiger partial charge in [0.2, 0.25) is 0 Å². The van der Waals surface area contributed by atoms with Crippen LogP contribution in [-0.4, -0.2) is 31.4 Å². The number of imidazole rings is 1. The van der Waals surface area contributed by atoms with Crippen LogP contribution in [0.25, 0.3) is 5.82 Å². The molecule has 0 spiro atoms. The first kappa shape index (κ1) is 16.4. The van der Waals surface area contributed by atoms with Gasteiger partial charge in [-0.05, 0) is 49.9 Å². The van der Waals surface area contributed by atoms with Gasteiger partial charge >= 0.3 is 0 Å². The van der Waals surface area contributed by atoms with Gasteiger partial charge in [-0.15, -0.1) is 11.3 Å². The van der Waals surface area contributed by atoms with E-state index in [1.807, 2.05) is 24.9 Å². The van der Waals surface area contributed by atoms with E-state index in [-0.39, 0.29) is 11.9 Å². The third-order valence-corrected chi connectivity index (χ3v) is 4.94. The predicted molar refractivity (Wildman–Crippen MR) is 95.4 cm³/mol. The number of carbonyl (C=O) groups excluding carboxylic acids is 1. The molecule has 0 aliphatic heterocycles. The molecule has 0 saturated heterocycles. The zero-order valence-electron chi connectivity index (χ0n) is 14.0. The van der Waals surface area contributed by atoms with Crippen LogP contribution in [-0.2, 0) is 6.54 Å². The van der Waals surface area contributed by atoms with Gasteiger partial charge in [-0.25, -0.2) is 9.97 Å². The van der Waals surface area contributed by atoms with Crippen molar-refractivity contribution in [1.29, 1.82) is 0 Å². The summed E-state index contributed by atoms with van der Waals surface area (Å²) >= 11 is 1.69. The van der Waals surface area contributed by atoms with Crippen LogP contribution in [0.1, 0.15) is 34.6 Å². The molecule has 3 rings (SSSR count). The number of thiophene rings is 1. The minimum absolute atomic E-state index is 0.0153. The SMILES string of the molecule is Cc1ccsc1CN(C(=O)c1ccnc(-n2ccnc2)c1)C(C)C. The average molecular weight is 340 g/mol. The van der Waals surface area contributed by atoms with E-state index in [4.69, 9.17) is 0 Å². The number of rotatable bonds is 5. The second kappa shape index (κ2) is 6.97. The highest BCUT2D eigenvalue weighted by Gasteiger charge is 2.21. The van der Waals surface area contributed by atoms with E-state index < -0.39 is 0 Å². The van der Waals surface area contributed by atoms with Gasteiger partial charge in [0.1, 0.15) is 12.1 Å². The van der Waals surface area contributed by atoms with Gasteiger partial charge in [0.25, 0.3) is 5.91 Å². The smallest absolute Gasteiger partial charge is 0.254 e. The summed E-state index contributed by atoms with van der Waals surface area (Å²) in [6, 6.07) is 5.77. The lowest BCUT2D eigenvalue weighted by Crippen LogP contribution is -2.36. The molecule has 0 saturated carbocycles. The van der Waals surface area contributed by atoms with Crippen molar-refractivity contribution in [3.8, 4) is 5.82 Å². The monoisotopic (exact) mass is 340 g/mol. The summed E-state index contributed by atoms with van der Waals surface area (Å²) < 4.78 is 1.79. The molecule has 1 amide bonds. The highest BCUT2D eigenvalue weighted by atomic mass is 32.1. The van der Waals surface area contributed by atoms with E-state index in [1.54, 1.807) is 46.8 Å². The molecule has 0 fully saturated rings. The number of hydrogen-bond donors (Lipinski definition) is 0. The molecular weight excluding hydrogens is 320 g/mol. The maximum Gasteiger partial charge on any atom is 0.254 e. The first-order valence-electron chi connectivity index (χ1n) is 7.84. The molecule has 5 nitrogen and oxygen atoms in total. The highest BCUT2D eigenvalue weighted by molar-refractivity contribution is 7.10. The fourth-order valence-corrected chi connectivity index (χ4v) is 3.37. The van der Waals surface area contributed by atoms with Crippen molar-refractivity contribution in [2.24, 2.45) is 0 Å². The molecule has 0 aliphatic rings. The van der Waals surface area contributed by atoms with Crippen molar-refractivity contribution in [2.75, 3.05) is 0 Å². The van der Waals surface area contributed by atoms with Crippen molar-refractivity contribution in [3.05, 3.63) is 64.5 Å². The molecule has 0 radical (unpaired) electrons. The minimum Gasteiger partial charge on any atom is -0.331 e. The van der Waals surface area contributed by atoms with E-state index in [0.717, 1.165) is 0 Å². The lowest BCUT2D eigenvalue weighted by atomic mass is 10.1. The molecule has 6 heteroatoms. The van der Waals surface area contributed by atoms with E-state index in [1.165, 1.54) is 10.4 Å². The van der Waals surface area contributed by atoms with E-state index in [0.29, 0.717) is 17.9 Å². The quantitative estimate of drug-likeness (QED) is 0.712. The molecule has 0 bridgehead atoms. The first-order chi connectivity index (χ1) is 11.6. The van der Waals surface area contributed by atoms with Gasteiger partial charge in [-0.1, -0.05) is 0 Å². The van der Waals surface area contributed by atoms with Gasteiger partial charge in [0.05, 0.1) is 6.54 Å². The van der Waals surface area contributed by atoms with Crippen LogP contribution in [0.4, 0.5) is 0 Å². The van der Waals surface area contributed by atoms with Gasteiger partial charge in [0.15, 0.2) is 0 Å². The Kier molecular flexibility index (Phi) is 4.76. The van der Waals surface area contributed by atoms with Crippen molar-refractivity contribution in [2.45, 2.75) is 33.4 Å². The van der Waals surface area contributed by atoms with Gasteiger partial charge in [-0.2, -0.15) is 0 Å². The number of hydrogen-bond acceptors (Lipinski definition) is 4. The summed E-state index contributed by atoms with van der Waals surface area (Å²) in [5.41, 5.74) is 1.86. The summed E-state index contributed by atoms with van der Waals surface area (Å²) in [6.45, 7) is 6.79. The Morgan fingerprint density at radius 2 is 2.17 bits per heavy atom. The Hall–Kier alpha value is -2.47. The number of carbonyl (C=O) groups is 1. The molecular formula is C18H20N4OS. The molecule has 0 atom stereocenters. The van der Waals surface area contributed by atoms with Crippen LogP contribution < -0.4 is 0 Å². The largest absolute Gasteiger partial charge is 0.331 e. The molecule has 124 valence electrons. The number of pyridine rings is 1. The molecule has 24 heavy (non-hydrogen) atoms. The van der Waals surface area contributed by atoms with Crippen LogP contribution >= 0.6 is 11.3 Å². The molecule has 0 unspecified atom stereocenters. The van der Waals surface area contributed by atoms with Crippen molar-refractivity contribution in [3.63, 3.8) is 0 Å². The summed E-state index contributed by atoms with van der Waals surface area (Å²) in [5.74, 6) is 0.705. The zero-order chi connectivity index (χ0) is 17.1. The summed E-state index contributed by atoms with van der Waals surface area (Å²) in [6.07, 6.45) is 6.84. The topological polar surface area (TPSA) is 51.0 Å². The second-order valence-corrected chi connectivity index (χ2v) is 6.93. The number of nitrogens with zero attached hydrogens (tertiary/aromatic N) is 4. The Labute approximate surface area is 145 Å². The maximum atomic E-state index is 13.0. The molecule has 3 heterocycles. The Morgan fingerprint density at radius 3 is 2.79 bits per heavy atom. The van der Waals surface area contributed by atoms with Crippen LogP contribution in [0, 0.1) is 6.92 Å². The fraction of sp³-hybridized carbons (Fsp3) is 0.278. The highest BCUT2D eigenvalue weighted by Crippen LogP contribution is 2.21. The Morgan fingerprint density at radius 1 is 1.33 bits per heavy atom. The standard InChI is InChI=1S/C18H20N4OS/c1-13(2)22(11-16-14(3)5-9-24-16)18(23)15-4-6-20-17(10-15)21-8-7-19-12-21/h4-10,12-13H,11H2,1-3H3. The summed E-state index contributed by atoms with van der Waals surface area (Å²) in [7, 11) is 0. The van der Waals surface area contributed by atoms with Crippen molar-refractivity contribution in [1.82, 2.24) is 19.4 Å². The van der Waals surface area contributed by atoms with Crippen molar-refractivity contribution < 1.29 is 4.79 Å². The normalized spacial score (nSPS) is 11.0. The van der Waals surface area contributed by atoms with Crippen molar-refractivity contribution >= 4 is 17.2 Å². The van der Waals surface area contributed by atoms with Crippen LogP contribution in [0.15, 0.2) is 48.5 Å². The molecule has 0 aliphatic carbocycles. The maximum absolute atomic E-state index is 13.0. The van der Waals surface area contributed by atoms with Crippen LogP contribution in [0.2, 0.25) is 0 Å². The van der Waals surface area contributed by atoms with Gasteiger partial charge < -0.3 is 4.90 Å². The minimum atomic E-state index is 0.0153. The zero-order valence-corrected chi connectivity index (χ0v) is 14.8. The molecule has 3 aromatic rings. The third-order valence-electron chi connectivity index (χ3n) is 3.93. The lowest BCUT2D eigenvalue weighted by Gasteiger charge is -2.27. The fourth-order valence-electron chi connectivity index (χ4n) is 2.46. The Bertz CT molecular complexity index is 823. The van der Waals surface area contributed by atoms with Gasteiger partial charge in [-0.3, -0.25) is 9.36 Å². The predicted octanol–water partition coefficient (Wildman–Crippen LogP) is 3.69. The Balaban J connectivity index is 1.88. The van der Waals surface area contributed by atoms with E-state index in [2.05, 4.69) is 28.3 Å². The van der Waals surface area contributed by atoms with E-state index >= 15 is 0 Å². The number of amides is 1. The number of aromatic nitrogens is 3. The number of aryl methyl sites for hydroxylation is 1. The average Bonchev–Trinajstić information content (AvgIpc) is 3.24. The van der Waals surface area contributed by atoms with Gasteiger partial charge in [0, 0.05) is 35.1 Å². The first-order valence-corrected chi connectivity index (χ1v) is 8.72. The van der Waals surface area contributed by atoms with E-state index in [9.17, 15) is 4.79 Å². The van der Waals surface area contributed by atoms with Crippen LogP contribution in [0.5, 0.6) is 0 Å². The molecule has 3 aromatic heterocycles. The third kappa shape index (κ3) is 3.38.